The first kappa shape index (κ1) is 21.0. The third kappa shape index (κ3) is 4.30. The zero-order chi connectivity index (χ0) is 20.3. The van der Waals surface area contributed by atoms with Crippen molar-refractivity contribution in [3.8, 4) is 11.1 Å². The zero-order valence-corrected chi connectivity index (χ0v) is 18.7. The van der Waals surface area contributed by atoms with E-state index in [-0.39, 0.29) is 0 Å². The fourth-order valence-electron chi connectivity index (χ4n) is 3.06. The molecule has 150 valence electrons. The highest BCUT2D eigenvalue weighted by atomic mass is 75.9. The molecule has 3 aromatic rings. The Morgan fingerprint density at radius 1 is 1.11 bits per heavy atom. The van der Waals surface area contributed by atoms with Gasteiger partial charge in [-0.25, -0.2) is 4.98 Å². The number of benzene rings is 1. The Hall–Kier alpha value is -1.74. The maximum atomic E-state index is 6.52. The van der Waals surface area contributed by atoms with Gasteiger partial charge in [-0.05, 0) is 26.0 Å². The highest BCUT2D eigenvalue weighted by molar-refractivity contribution is 9.10. The molecule has 7 nitrogen and oxygen atoms in total. The number of methoxy groups -OCH3 is 2. The van der Waals surface area contributed by atoms with Gasteiger partial charge < -0.3 is 14.4 Å². The van der Waals surface area contributed by atoms with Crippen molar-refractivity contribution in [3.63, 3.8) is 0 Å². The molecule has 1 aromatic carbocycles. The Kier molecular flexibility index (Phi) is 6.87. The number of nitrogens with zero attached hydrogens (tertiary/aromatic N) is 5. The number of aryl methyl sites for hydroxylation is 2. The minimum Gasteiger partial charge on any atom is -0.383 e. The second-order valence-electron chi connectivity index (χ2n) is 6.36. The summed E-state index contributed by atoms with van der Waals surface area (Å²) >= 11 is 9.98. The van der Waals surface area contributed by atoms with Crippen molar-refractivity contribution in [3.05, 3.63) is 39.2 Å². The second-order valence-corrected chi connectivity index (χ2v) is 7.69. The molecule has 2 heterocycles. The van der Waals surface area contributed by atoms with E-state index in [1.807, 2.05) is 32.0 Å². The summed E-state index contributed by atoms with van der Waals surface area (Å²) in [4.78, 5) is 11.4. The van der Waals surface area contributed by atoms with Crippen LogP contribution >= 0.6 is 27.5 Å². The molecule has 0 atom stereocenters. The third-order valence-electron chi connectivity index (χ3n) is 4.37. The van der Waals surface area contributed by atoms with E-state index in [1.165, 1.54) is 0 Å². The number of hydrogen-bond donors (Lipinski definition) is 0. The first-order valence-corrected chi connectivity index (χ1v) is 10.1. The monoisotopic (exact) mass is 464 g/mol. The Morgan fingerprint density at radius 2 is 1.79 bits per heavy atom. The summed E-state index contributed by atoms with van der Waals surface area (Å²) in [5, 5.41) is 5.37. The molecule has 0 fully saturated rings. The topological polar surface area (TPSA) is 64.8 Å². The molecule has 0 amide bonds. The molecule has 2 aromatic heterocycles. The molecule has 3 rings (SSSR count). The second kappa shape index (κ2) is 9.17. The summed E-state index contributed by atoms with van der Waals surface area (Å²) < 4.78 is 13.2. The van der Waals surface area contributed by atoms with Crippen LogP contribution in [-0.4, -0.2) is 60.1 Å². The first-order chi connectivity index (χ1) is 13.5. The molecule has 0 aliphatic rings. The Balaban J connectivity index is 2.18. The highest BCUT2D eigenvalue weighted by Gasteiger charge is 2.21. The highest BCUT2D eigenvalue weighted by Crippen LogP contribution is 2.35. The largest absolute Gasteiger partial charge is 0.383 e. The number of fused-ring (bicyclic) bond motifs is 1. The smallest absolute Gasteiger partial charge is 0.230 e. The number of rotatable bonds is 8. The van der Waals surface area contributed by atoms with Crippen molar-refractivity contribution in [1.29, 1.82) is 0 Å². The minimum atomic E-state index is 0.569. The van der Waals surface area contributed by atoms with Crippen LogP contribution in [0, 0.1) is 13.8 Å². The summed E-state index contributed by atoms with van der Waals surface area (Å²) in [6, 6.07) is 5.81. The van der Waals surface area contributed by atoms with E-state index in [0.717, 1.165) is 26.9 Å². The van der Waals surface area contributed by atoms with E-state index in [4.69, 9.17) is 26.2 Å². The summed E-state index contributed by atoms with van der Waals surface area (Å²) in [5.41, 5.74) is 3.36. The molecule has 0 aliphatic carbocycles. The van der Waals surface area contributed by atoms with Crippen molar-refractivity contribution in [2.75, 3.05) is 45.4 Å². The van der Waals surface area contributed by atoms with Gasteiger partial charge in [0.1, 0.15) is 5.82 Å². The molecule has 0 N–H and O–H groups in total. The fraction of sp³-hybridized carbons (Fsp3) is 0.421. The van der Waals surface area contributed by atoms with Crippen molar-refractivity contribution >= 4 is 39.1 Å². The lowest BCUT2D eigenvalue weighted by molar-refractivity contribution is 0.189. The standard InChI is InChI=1S/C19H23BrClN5O2/c1-12-17(15-6-5-14(20)11-16(15)21)18-22-13(2)23-19(26(18)24-12)25(7-9-27-3)8-10-28-4/h5-6,11H,7-10H2,1-4H3/i20-4. The zero-order valence-electron chi connectivity index (χ0n) is 16.4. The van der Waals surface area contributed by atoms with Crippen LogP contribution < -0.4 is 4.90 Å². The van der Waals surface area contributed by atoms with Gasteiger partial charge in [0.05, 0.1) is 24.5 Å². The van der Waals surface area contributed by atoms with Crippen LogP contribution in [-0.2, 0) is 9.47 Å². The average Bonchev–Trinajstić information content (AvgIpc) is 2.97. The molecule has 0 bridgehead atoms. The number of aromatic nitrogens is 4. The van der Waals surface area contributed by atoms with Gasteiger partial charge in [-0.1, -0.05) is 33.6 Å². The van der Waals surface area contributed by atoms with E-state index in [0.29, 0.717) is 43.1 Å². The molecule has 0 radical (unpaired) electrons. The van der Waals surface area contributed by atoms with Crippen LogP contribution in [0.1, 0.15) is 11.5 Å². The van der Waals surface area contributed by atoms with Crippen molar-refractivity contribution in [1.82, 2.24) is 19.6 Å². The van der Waals surface area contributed by atoms with Gasteiger partial charge >= 0.3 is 0 Å². The Morgan fingerprint density at radius 3 is 2.39 bits per heavy atom. The summed E-state index contributed by atoms with van der Waals surface area (Å²) in [6.07, 6.45) is 0. The van der Waals surface area contributed by atoms with Crippen LogP contribution in [0.15, 0.2) is 22.7 Å². The van der Waals surface area contributed by atoms with Crippen LogP contribution in [0.2, 0.25) is 5.02 Å². The van der Waals surface area contributed by atoms with Gasteiger partial charge in [-0.2, -0.15) is 14.6 Å². The van der Waals surface area contributed by atoms with Gasteiger partial charge in [-0.3, -0.25) is 0 Å². The fourth-order valence-corrected chi connectivity index (χ4v) is 3.82. The van der Waals surface area contributed by atoms with Crippen molar-refractivity contribution < 1.29 is 9.47 Å². The van der Waals surface area contributed by atoms with Crippen LogP contribution in [0.4, 0.5) is 5.95 Å². The maximum absolute atomic E-state index is 6.52. The van der Waals surface area contributed by atoms with Gasteiger partial charge in [0.15, 0.2) is 5.65 Å². The lowest BCUT2D eigenvalue weighted by Crippen LogP contribution is -2.33. The molecule has 28 heavy (non-hydrogen) atoms. The van der Waals surface area contributed by atoms with E-state index in [9.17, 15) is 0 Å². The third-order valence-corrected chi connectivity index (χ3v) is 5.17. The summed E-state index contributed by atoms with van der Waals surface area (Å²) in [5.74, 6) is 1.37. The predicted octanol–water partition coefficient (Wildman–Crippen LogP) is 3.92. The lowest BCUT2D eigenvalue weighted by Gasteiger charge is -2.23. The van der Waals surface area contributed by atoms with E-state index in [2.05, 4.69) is 30.8 Å². The Labute approximate surface area is 177 Å². The van der Waals surface area contributed by atoms with Gasteiger partial charge in [0.2, 0.25) is 5.95 Å². The number of anilines is 1. The van der Waals surface area contributed by atoms with E-state index < -0.39 is 0 Å². The molecule has 0 spiro atoms. The molecule has 0 unspecified atom stereocenters. The van der Waals surface area contributed by atoms with Crippen LogP contribution in [0.25, 0.3) is 16.8 Å². The van der Waals surface area contributed by atoms with Crippen molar-refractivity contribution in [2.24, 2.45) is 0 Å². The molecule has 0 saturated heterocycles. The quantitative estimate of drug-likeness (QED) is 0.503. The molecular formula is C19H23BrClN5O2. The van der Waals surface area contributed by atoms with Crippen LogP contribution in [0.3, 0.4) is 0 Å². The summed E-state index contributed by atoms with van der Waals surface area (Å²) in [6.45, 7) is 6.30. The van der Waals surface area contributed by atoms with Gasteiger partial charge in [0, 0.05) is 42.4 Å². The van der Waals surface area contributed by atoms with Gasteiger partial charge in [-0.15, -0.1) is 0 Å². The predicted molar refractivity (Wildman–Crippen MR) is 114 cm³/mol. The van der Waals surface area contributed by atoms with Gasteiger partial charge in [0.25, 0.3) is 0 Å². The normalized spacial score (nSPS) is 11.4. The minimum absolute atomic E-state index is 0.569. The summed E-state index contributed by atoms with van der Waals surface area (Å²) in [7, 11) is 3.36. The first-order valence-electron chi connectivity index (χ1n) is 8.88. The molecule has 0 aliphatic heterocycles. The lowest BCUT2D eigenvalue weighted by atomic mass is 10.1. The number of ether oxygens (including phenoxy) is 2. The number of hydrogen-bond acceptors (Lipinski definition) is 6. The van der Waals surface area contributed by atoms with E-state index >= 15 is 0 Å². The molecular weight excluding hydrogens is 442 g/mol. The molecule has 0 saturated carbocycles. The number of halogens is 2. The Bertz CT molecular complexity index is 971. The molecule has 9 heteroatoms. The van der Waals surface area contributed by atoms with Crippen LogP contribution in [0.5, 0.6) is 0 Å². The average molecular weight is 465 g/mol. The van der Waals surface area contributed by atoms with Crippen molar-refractivity contribution in [2.45, 2.75) is 13.8 Å². The SMILES string of the molecule is COCCN(CCOC)c1nc(C)nc2c(-c3ccc([76Br])cc3Cl)c(C)nn12. The van der Waals surface area contributed by atoms with E-state index in [1.54, 1.807) is 18.7 Å². The maximum Gasteiger partial charge on any atom is 0.230 e.